The van der Waals surface area contributed by atoms with Gasteiger partial charge in [-0.3, -0.25) is 4.79 Å². The average molecular weight is 388 g/mol. The number of benzene rings is 1. The fraction of sp³-hybridized carbons (Fsp3) is 0.429. The van der Waals surface area contributed by atoms with E-state index in [-0.39, 0.29) is 18.0 Å². The van der Waals surface area contributed by atoms with E-state index < -0.39 is 5.97 Å². The second-order valence-electron chi connectivity index (χ2n) is 5.00. The summed E-state index contributed by atoms with van der Waals surface area (Å²) in [6.07, 6.45) is 2.89. The van der Waals surface area contributed by atoms with Gasteiger partial charge in [0.2, 0.25) is 0 Å². The molecule has 1 aliphatic carbocycles. The van der Waals surface area contributed by atoms with Crippen molar-refractivity contribution in [2.24, 2.45) is 5.92 Å². The van der Waals surface area contributed by atoms with E-state index in [0.29, 0.717) is 12.8 Å². The van der Waals surface area contributed by atoms with E-state index in [4.69, 9.17) is 5.11 Å². The molecule has 20 heavy (non-hydrogen) atoms. The van der Waals surface area contributed by atoms with Gasteiger partial charge in [-0.05, 0) is 66.1 Å². The zero-order valence-corrected chi connectivity index (χ0v) is 13.1. The Hall–Kier alpha value is -1.31. The van der Waals surface area contributed by atoms with Crippen molar-refractivity contribution in [3.8, 4) is 0 Å². The number of carboxylic acids is 1. The number of amides is 2. The number of rotatable bonds is 3. The number of carbonyl (C=O) groups is 2. The van der Waals surface area contributed by atoms with Gasteiger partial charge in [-0.25, -0.2) is 4.79 Å². The number of halogens is 1. The summed E-state index contributed by atoms with van der Waals surface area (Å²) in [6, 6.07) is 7.16. The van der Waals surface area contributed by atoms with Crippen LogP contribution in [-0.2, 0) is 4.79 Å². The minimum atomic E-state index is -0.769. The van der Waals surface area contributed by atoms with Crippen molar-refractivity contribution in [2.45, 2.75) is 31.7 Å². The Kier molecular flexibility index (Phi) is 5.22. The Morgan fingerprint density at radius 2 is 1.90 bits per heavy atom. The zero-order valence-electron chi connectivity index (χ0n) is 10.9. The summed E-state index contributed by atoms with van der Waals surface area (Å²) in [5.74, 6) is -1.11. The van der Waals surface area contributed by atoms with Gasteiger partial charge in [-0.2, -0.15) is 0 Å². The van der Waals surface area contributed by atoms with Gasteiger partial charge >= 0.3 is 12.0 Å². The number of anilines is 1. The van der Waals surface area contributed by atoms with E-state index in [1.807, 2.05) is 24.3 Å². The van der Waals surface area contributed by atoms with Crippen LogP contribution in [0.25, 0.3) is 0 Å². The second-order valence-corrected chi connectivity index (χ2v) is 6.25. The van der Waals surface area contributed by atoms with Crippen molar-refractivity contribution in [2.75, 3.05) is 5.32 Å². The van der Waals surface area contributed by atoms with Crippen LogP contribution in [0.4, 0.5) is 10.5 Å². The number of nitrogens with one attached hydrogen (secondary N) is 2. The van der Waals surface area contributed by atoms with E-state index in [9.17, 15) is 9.59 Å². The fourth-order valence-corrected chi connectivity index (χ4v) is 2.79. The van der Waals surface area contributed by atoms with Crippen LogP contribution in [-0.4, -0.2) is 23.1 Å². The summed E-state index contributed by atoms with van der Waals surface area (Å²) in [4.78, 5) is 22.9. The van der Waals surface area contributed by atoms with Gasteiger partial charge < -0.3 is 15.7 Å². The Morgan fingerprint density at radius 1 is 1.20 bits per heavy atom. The molecule has 1 aromatic rings. The number of carbonyl (C=O) groups excluding carboxylic acids is 1. The molecule has 2 amide bonds. The molecule has 0 aliphatic heterocycles. The molecule has 1 saturated carbocycles. The van der Waals surface area contributed by atoms with Crippen LogP contribution in [0.1, 0.15) is 25.7 Å². The summed E-state index contributed by atoms with van der Waals surface area (Å²) in [5.41, 5.74) is 0.730. The maximum Gasteiger partial charge on any atom is 0.319 e. The summed E-state index contributed by atoms with van der Waals surface area (Å²) in [6.45, 7) is 0. The SMILES string of the molecule is O=C(Nc1ccc(I)cc1)NC1CCCC(C(=O)O)C1. The summed E-state index contributed by atoms with van der Waals surface area (Å²) in [5, 5.41) is 14.6. The van der Waals surface area contributed by atoms with Crippen LogP contribution in [0.3, 0.4) is 0 Å². The van der Waals surface area contributed by atoms with E-state index in [1.54, 1.807) is 0 Å². The van der Waals surface area contributed by atoms with Gasteiger partial charge in [0.1, 0.15) is 0 Å². The highest BCUT2D eigenvalue weighted by Crippen LogP contribution is 2.24. The van der Waals surface area contributed by atoms with Gasteiger partial charge in [-0.15, -0.1) is 0 Å². The highest BCUT2D eigenvalue weighted by molar-refractivity contribution is 14.1. The van der Waals surface area contributed by atoms with Gasteiger partial charge in [0.05, 0.1) is 5.92 Å². The molecule has 3 N–H and O–H groups in total. The zero-order chi connectivity index (χ0) is 14.5. The number of urea groups is 1. The molecule has 0 saturated heterocycles. The van der Waals surface area contributed by atoms with Crippen LogP contribution in [0.2, 0.25) is 0 Å². The molecule has 2 rings (SSSR count). The second kappa shape index (κ2) is 6.92. The normalized spacial score (nSPS) is 22.1. The predicted molar refractivity (Wildman–Crippen MR) is 84.7 cm³/mol. The molecule has 6 heteroatoms. The Balaban J connectivity index is 1.85. The molecule has 2 atom stereocenters. The first-order chi connectivity index (χ1) is 9.54. The molecule has 1 aliphatic rings. The van der Waals surface area contributed by atoms with Crippen molar-refractivity contribution in [3.05, 3.63) is 27.8 Å². The Morgan fingerprint density at radius 3 is 2.55 bits per heavy atom. The van der Waals surface area contributed by atoms with Crippen molar-refractivity contribution in [3.63, 3.8) is 0 Å². The highest BCUT2D eigenvalue weighted by Gasteiger charge is 2.27. The fourth-order valence-electron chi connectivity index (χ4n) is 2.43. The third kappa shape index (κ3) is 4.36. The van der Waals surface area contributed by atoms with Gasteiger partial charge in [0, 0.05) is 15.3 Å². The summed E-state index contributed by atoms with van der Waals surface area (Å²) < 4.78 is 1.10. The van der Waals surface area contributed by atoms with Crippen molar-refractivity contribution in [1.29, 1.82) is 0 Å². The first-order valence-electron chi connectivity index (χ1n) is 6.60. The highest BCUT2D eigenvalue weighted by atomic mass is 127. The topological polar surface area (TPSA) is 78.4 Å². The molecule has 2 unspecified atom stereocenters. The lowest BCUT2D eigenvalue weighted by Gasteiger charge is -2.27. The van der Waals surface area contributed by atoms with E-state index in [1.165, 1.54) is 0 Å². The predicted octanol–water partition coefficient (Wildman–Crippen LogP) is 3.06. The molecule has 0 aromatic heterocycles. The molecular formula is C14H17IN2O3. The first kappa shape index (κ1) is 15.1. The van der Waals surface area contributed by atoms with Crippen LogP contribution in [0.15, 0.2) is 24.3 Å². The van der Waals surface area contributed by atoms with Crippen LogP contribution in [0.5, 0.6) is 0 Å². The van der Waals surface area contributed by atoms with Gasteiger partial charge in [-0.1, -0.05) is 6.42 Å². The molecule has 0 bridgehead atoms. The lowest BCUT2D eigenvalue weighted by atomic mass is 9.86. The van der Waals surface area contributed by atoms with E-state index in [0.717, 1.165) is 22.1 Å². The van der Waals surface area contributed by atoms with Crippen molar-refractivity contribution < 1.29 is 14.7 Å². The van der Waals surface area contributed by atoms with Crippen molar-refractivity contribution >= 4 is 40.3 Å². The monoisotopic (exact) mass is 388 g/mol. The molecule has 0 radical (unpaired) electrons. The first-order valence-corrected chi connectivity index (χ1v) is 7.68. The molecule has 5 nitrogen and oxygen atoms in total. The van der Waals surface area contributed by atoms with Gasteiger partial charge in [0.25, 0.3) is 0 Å². The molecule has 0 spiro atoms. The quantitative estimate of drug-likeness (QED) is 0.697. The Labute approximate surface area is 131 Å². The number of aliphatic carboxylic acids is 1. The third-order valence-corrected chi connectivity index (χ3v) is 4.18. The Bertz CT molecular complexity index is 490. The molecule has 108 valence electrons. The largest absolute Gasteiger partial charge is 0.481 e. The summed E-state index contributed by atoms with van der Waals surface area (Å²) >= 11 is 2.20. The number of hydrogen-bond acceptors (Lipinski definition) is 2. The van der Waals surface area contributed by atoms with E-state index in [2.05, 4.69) is 33.2 Å². The van der Waals surface area contributed by atoms with Gasteiger partial charge in [0.15, 0.2) is 0 Å². The van der Waals surface area contributed by atoms with Crippen LogP contribution >= 0.6 is 22.6 Å². The molecule has 1 aromatic carbocycles. The number of carboxylic acid groups (broad SMARTS) is 1. The molecule has 1 fully saturated rings. The average Bonchev–Trinajstić information content (AvgIpc) is 2.41. The number of hydrogen-bond donors (Lipinski definition) is 3. The third-order valence-electron chi connectivity index (χ3n) is 3.46. The molecular weight excluding hydrogens is 371 g/mol. The lowest BCUT2D eigenvalue weighted by Crippen LogP contribution is -2.42. The van der Waals surface area contributed by atoms with Crippen LogP contribution in [0, 0.1) is 9.49 Å². The maximum atomic E-state index is 11.9. The van der Waals surface area contributed by atoms with Crippen LogP contribution < -0.4 is 10.6 Å². The standard InChI is InChI=1S/C14H17IN2O3/c15-10-4-6-11(7-5-10)16-14(20)17-12-3-1-2-9(8-12)13(18)19/h4-7,9,12H,1-3,8H2,(H,18,19)(H2,16,17,20). The lowest BCUT2D eigenvalue weighted by molar-refractivity contribution is -0.143. The minimum Gasteiger partial charge on any atom is -0.481 e. The molecule has 0 heterocycles. The maximum absolute atomic E-state index is 11.9. The summed E-state index contributed by atoms with van der Waals surface area (Å²) in [7, 11) is 0. The van der Waals surface area contributed by atoms with Crippen molar-refractivity contribution in [1.82, 2.24) is 5.32 Å². The smallest absolute Gasteiger partial charge is 0.319 e. The minimum absolute atomic E-state index is 0.0614. The van der Waals surface area contributed by atoms with E-state index >= 15 is 0 Å².